The third kappa shape index (κ3) is 3.31. The maximum absolute atomic E-state index is 13.1. The molecule has 3 rings (SSSR count). The van der Waals surface area contributed by atoms with Gasteiger partial charge in [-0.3, -0.25) is 4.98 Å². The zero-order chi connectivity index (χ0) is 17.9. The van der Waals surface area contributed by atoms with E-state index in [4.69, 9.17) is 5.26 Å². The Hall–Kier alpha value is -2.95. The highest BCUT2D eigenvalue weighted by atomic mass is 32.2. The average molecular weight is 352 g/mol. The smallest absolute Gasteiger partial charge is 0.269 e. The van der Waals surface area contributed by atoms with Crippen LogP contribution in [0.1, 0.15) is 11.1 Å². The van der Waals surface area contributed by atoms with Gasteiger partial charge in [-0.05, 0) is 30.3 Å². The molecule has 0 amide bonds. The van der Waals surface area contributed by atoms with Crippen molar-refractivity contribution in [2.75, 3.05) is 7.05 Å². The van der Waals surface area contributed by atoms with Crippen molar-refractivity contribution in [1.29, 1.82) is 5.26 Å². The van der Waals surface area contributed by atoms with Crippen LogP contribution in [-0.4, -0.2) is 24.4 Å². The van der Waals surface area contributed by atoms with Gasteiger partial charge in [-0.15, -0.1) is 0 Å². The molecule has 6 nitrogen and oxygen atoms in total. The van der Waals surface area contributed by atoms with Gasteiger partial charge in [0, 0.05) is 25.1 Å². The van der Waals surface area contributed by atoms with Gasteiger partial charge in [-0.25, -0.2) is 12.4 Å². The van der Waals surface area contributed by atoms with E-state index < -0.39 is 10.0 Å². The summed E-state index contributed by atoms with van der Waals surface area (Å²) < 4.78 is 27.5. The molecule has 1 aromatic carbocycles. The van der Waals surface area contributed by atoms with Crippen LogP contribution in [0.4, 0.5) is 0 Å². The number of aromatic nitrogens is 2. The second-order valence-electron chi connectivity index (χ2n) is 5.45. The number of hydrogen-bond acceptors (Lipinski definition) is 5. The molecule has 3 aromatic rings. The third-order valence-electron chi connectivity index (χ3n) is 3.69. The van der Waals surface area contributed by atoms with Gasteiger partial charge >= 0.3 is 0 Å². The molecule has 25 heavy (non-hydrogen) atoms. The third-order valence-corrected chi connectivity index (χ3v) is 5.33. The van der Waals surface area contributed by atoms with Crippen molar-refractivity contribution in [3.05, 3.63) is 72.2 Å². The van der Waals surface area contributed by atoms with Crippen LogP contribution in [0.2, 0.25) is 0 Å². The van der Waals surface area contributed by atoms with Crippen molar-refractivity contribution in [2.24, 2.45) is 0 Å². The molecule has 0 bridgehead atoms. The van der Waals surface area contributed by atoms with Crippen LogP contribution in [0.25, 0.3) is 11.3 Å². The number of nitriles is 1. The molecule has 126 valence electrons. The van der Waals surface area contributed by atoms with Crippen LogP contribution in [-0.2, 0) is 16.6 Å². The van der Waals surface area contributed by atoms with Crippen molar-refractivity contribution in [3.8, 4) is 17.3 Å². The molecule has 0 aliphatic carbocycles. The van der Waals surface area contributed by atoms with Crippen molar-refractivity contribution < 1.29 is 8.42 Å². The maximum Gasteiger partial charge on any atom is 0.269 e. The molecular formula is C18H16N4O2S. The first-order chi connectivity index (χ1) is 12.1. The first-order valence-electron chi connectivity index (χ1n) is 7.58. The minimum atomic E-state index is -3.87. The highest BCUT2D eigenvalue weighted by Crippen LogP contribution is 2.27. The minimum Gasteiger partial charge on any atom is -0.316 e. The Morgan fingerprint density at radius 2 is 1.96 bits per heavy atom. The van der Waals surface area contributed by atoms with Gasteiger partial charge in [0.1, 0.15) is 11.0 Å². The van der Waals surface area contributed by atoms with E-state index in [0.29, 0.717) is 12.2 Å². The molecule has 2 heterocycles. The van der Waals surface area contributed by atoms with E-state index in [1.165, 1.54) is 22.4 Å². The Labute approximate surface area is 146 Å². The summed E-state index contributed by atoms with van der Waals surface area (Å²) in [5, 5.41) is 12.0. The van der Waals surface area contributed by atoms with Gasteiger partial charge < -0.3 is 5.32 Å². The summed E-state index contributed by atoms with van der Waals surface area (Å²) in [6.07, 6.45) is 4.18. The first-order valence-corrected chi connectivity index (χ1v) is 9.02. The van der Waals surface area contributed by atoms with Crippen LogP contribution in [0.5, 0.6) is 0 Å². The number of nitrogens with zero attached hydrogens (tertiary/aromatic N) is 3. The molecule has 0 fully saturated rings. The second-order valence-corrected chi connectivity index (χ2v) is 7.27. The summed E-state index contributed by atoms with van der Waals surface area (Å²) >= 11 is 0. The van der Waals surface area contributed by atoms with E-state index in [9.17, 15) is 8.42 Å². The Kier molecular flexibility index (Phi) is 4.65. The van der Waals surface area contributed by atoms with Gasteiger partial charge in [0.15, 0.2) is 0 Å². The van der Waals surface area contributed by atoms with Crippen LogP contribution >= 0.6 is 0 Å². The molecule has 0 aliphatic heterocycles. The molecule has 0 atom stereocenters. The minimum absolute atomic E-state index is 0.0182. The van der Waals surface area contributed by atoms with E-state index in [0.717, 1.165) is 11.1 Å². The summed E-state index contributed by atoms with van der Waals surface area (Å²) in [7, 11) is -2.07. The van der Waals surface area contributed by atoms with E-state index in [-0.39, 0.29) is 10.5 Å². The standard InChI is InChI=1S/C18H16N4O2S/c1-20-10-15-8-18(16-5-3-2-4-6-16)22(13-15)25(23,24)17-7-14(9-19)11-21-12-17/h2-8,11-13,20H,10H2,1H3. The monoisotopic (exact) mass is 352 g/mol. The summed E-state index contributed by atoms with van der Waals surface area (Å²) in [6.45, 7) is 0.541. The number of benzene rings is 1. The van der Waals surface area contributed by atoms with E-state index >= 15 is 0 Å². The lowest BCUT2D eigenvalue weighted by molar-refractivity contribution is 0.587. The van der Waals surface area contributed by atoms with Crippen LogP contribution < -0.4 is 5.32 Å². The van der Waals surface area contributed by atoms with E-state index in [2.05, 4.69) is 10.3 Å². The van der Waals surface area contributed by atoms with Gasteiger partial charge in [0.2, 0.25) is 0 Å². The summed E-state index contributed by atoms with van der Waals surface area (Å²) in [5.41, 5.74) is 2.39. The van der Waals surface area contributed by atoms with Gasteiger partial charge in [-0.1, -0.05) is 30.3 Å². The van der Waals surface area contributed by atoms with Crippen LogP contribution in [0, 0.1) is 11.3 Å². The molecule has 0 saturated heterocycles. The fraction of sp³-hybridized carbons (Fsp3) is 0.111. The molecule has 2 aromatic heterocycles. The topological polar surface area (TPSA) is 87.8 Å². The quantitative estimate of drug-likeness (QED) is 0.762. The zero-order valence-corrected chi connectivity index (χ0v) is 14.4. The SMILES string of the molecule is CNCc1cc(-c2ccccc2)n(S(=O)(=O)c2cncc(C#N)c2)c1. The predicted molar refractivity (Wildman–Crippen MR) is 94.2 cm³/mol. The number of nitrogens with one attached hydrogen (secondary N) is 1. The fourth-order valence-corrected chi connectivity index (χ4v) is 3.94. The molecule has 1 N–H and O–H groups in total. The lowest BCUT2D eigenvalue weighted by Crippen LogP contribution is -2.14. The number of rotatable bonds is 5. The van der Waals surface area contributed by atoms with Gasteiger partial charge in [-0.2, -0.15) is 5.26 Å². The Morgan fingerprint density at radius 3 is 2.64 bits per heavy atom. The summed E-state index contributed by atoms with van der Waals surface area (Å²) in [5.74, 6) is 0. The molecule has 0 aliphatic rings. The highest BCUT2D eigenvalue weighted by molar-refractivity contribution is 7.90. The van der Waals surface area contributed by atoms with Crippen molar-refractivity contribution >= 4 is 10.0 Å². The predicted octanol–water partition coefficient (Wildman–Crippen LogP) is 2.38. The molecular weight excluding hydrogens is 336 g/mol. The van der Waals surface area contributed by atoms with Crippen molar-refractivity contribution in [3.63, 3.8) is 0 Å². The maximum atomic E-state index is 13.1. The normalized spacial score (nSPS) is 11.2. The van der Waals surface area contributed by atoms with Crippen LogP contribution in [0.3, 0.4) is 0 Å². The number of hydrogen-bond donors (Lipinski definition) is 1. The zero-order valence-electron chi connectivity index (χ0n) is 13.5. The molecule has 7 heteroatoms. The highest BCUT2D eigenvalue weighted by Gasteiger charge is 2.22. The average Bonchev–Trinajstić information content (AvgIpc) is 3.08. The molecule has 0 saturated carbocycles. The van der Waals surface area contributed by atoms with Crippen LogP contribution in [0.15, 0.2) is 66.0 Å². The second kappa shape index (κ2) is 6.89. The molecule has 0 unspecified atom stereocenters. The van der Waals surface area contributed by atoms with Crippen molar-refractivity contribution in [1.82, 2.24) is 14.3 Å². The fourth-order valence-electron chi connectivity index (χ4n) is 2.55. The van der Waals surface area contributed by atoms with E-state index in [1.807, 2.05) is 42.5 Å². The summed E-state index contributed by atoms with van der Waals surface area (Å²) in [4.78, 5) is 3.85. The lowest BCUT2D eigenvalue weighted by Gasteiger charge is -2.10. The lowest BCUT2D eigenvalue weighted by atomic mass is 10.1. The molecule has 0 radical (unpaired) electrons. The molecule has 0 spiro atoms. The largest absolute Gasteiger partial charge is 0.316 e. The summed E-state index contributed by atoms with van der Waals surface area (Å²) in [6, 6.07) is 14.4. The van der Waals surface area contributed by atoms with Crippen molar-refractivity contribution in [2.45, 2.75) is 11.4 Å². The van der Waals surface area contributed by atoms with E-state index in [1.54, 1.807) is 13.2 Å². The first kappa shape index (κ1) is 16.9. The Morgan fingerprint density at radius 1 is 1.20 bits per heavy atom. The number of pyridine rings is 1. The van der Waals surface area contributed by atoms with Gasteiger partial charge in [0.05, 0.1) is 11.3 Å². The Balaban J connectivity index is 2.19. The van der Waals surface area contributed by atoms with Gasteiger partial charge in [0.25, 0.3) is 10.0 Å². The Bertz CT molecular complexity index is 1030.